The van der Waals surface area contributed by atoms with Crippen LogP contribution in [0.3, 0.4) is 0 Å². The van der Waals surface area contributed by atoms with Gasteiger partial charge >= 0.3 is 0 Å². The fourth-order valence-corrected chi connectivity index (χ4v) is 5.68. The van der Waals surface area contributed by atoms with E-state index in [0.29, 0.717) is 74.0 Å². The molecule has 2 fully saturated rings. The number of methoxy groups -OCH3 is 1. The van der Waals surface area contributed by atoms with Crippen molar-refractivity contribution in [3.05, 3.63) is 35.9 Å². The first-order valence-corrected chi connectivity index (χ1v) is 14.3. The number of hydrogen-bond donors (Lipinski definition) is 0. The zero-order valence-electron chi connectivity index (χ0n) is 24.8. The Balaban J connectivity index is 1.47. The second kappa shape index (κ2) is 10.7. The van der Waals surface area contributed by atoms with Gasteiger partial charge in [-0.1, -0.05) is 12.1 Å². The Hall–Kier alpha value is -3.61. The van der Waals surface area contributed by atoms with Gasteiger partial charge in [-0.25, -0.2) is 9.97 Å². The Labute approximate surface area is 239 Å². The number of fused-ring (bicyclic) bond motifs is 2. The van der Waals surface area contributed by atoms with E-state index in [1.165, 1.54) is 0 Å². The van der Waals surface area contributed by atoms with Crippen LogP contribution in [0.15, 0.2) is 24.3 Å². The van der Waals surface area contributed by atoms with E-state index in [4.69, 9.17) is 29.4 Å². The number of nitrogens with zero attached hydrogens (tertiary/aromatic N) is 9. The Morgan fingerprint density at radius 1 is 0.976 bits per heavy atom. The summed E-state index contributed by atoms with van der Waals surface area (Å²) in [5, 5.41) is 0. The molecule has 2 aliphatic heterocycles. The van der Waals surface area contributed by atoms with E-state index in [-0.39, 0.29) is 17.6 Å². The predicted octanol–water partition coefficient (Wildman–Crippen LogP) is 2.80. The topological polar surface area (TPSA) is 107 Å². The monoisotopic (exact) mass is 561 g/mol. The van der Waals surface area contributed by atoms with E-state index in [9.17, 15) is 4.79 Å². The quantitative estimate of drug-likeness (QED) is 0.364. The average Bonchev–Trinajstić information content (AvgIpc) is 3.54. The molecule has 41 heavy (non-hydrogen) atoms. The Morgan fingerprint density at radius 3 is 2.37 bits per heavy atom. The van der Waals surface area contributed by atoms with Gasteiger partial charge in [0.2, 0.25) is 11.8 Å². The van der Waals surface area contributed by atoms with Crippen molar-refractivity contribution in [3.63, 3.8) is 0 Å². The molecule has 1 aromatic carbocycles. The number of aromatic nitrogens is 6. The highest BCUT2D eigenvalue weighted by molar-refractivity contribution is 5.96. The van der Waals surface area contributed by atoms with Crippen molar-refractivity contribution in [2.75, 3.05) is 64.5 Å². The van der Waals surface area contributed by atoms with Crippen LogP contribution in [-0.4, -0.2) is 110 Å². The van der Waals surface area contributed by atoms with E-state index >= 15 is 0 Å². The summed E-state index contributed by atoms with van der Waals surface area (Å²) >= 11 is 0. The number of benzene rings is 1. The molecule has 1 atom stereocenters. The molecule has 0 aliphatic carbocycles. The number of piperazine rings is 1. The summed E-state index contributed by atoms with van der Waals surface area (Å²) in [5.74, 6) is 2.14. The molecule has 3 aromatic heterocycles. The minimum Gasteiger partial charge on any atom is -0.378 e. The summed E-state index contributed by atoms with van der Waals surface area (Å²) in [7, 11) is 3.52. The van der Waals surface area contributed by atoms with Gasteiger partial charge in [0.15, 0.2) is 17.0 Å². The van der Waals surface area contributed by atoms with Crippen LogP contribution in [0.2, 0.25) is 0 Å². The van der Waals surface area contributed by atoms with E-state index in [0.717, 1.165) is 24.1 Å². The molecule has 6 rings (SSSR count). The summed E-state index contributed by atoms with van der Waals surface area (Å²) < 4.78 is 15.1. The third-order valence-corrected chi connectivity index (χ3v) is 8.21. The van der Waals surface area contributed by atoms with Crippen molar-refractivity contribution >= 4 is 33.9 Å². The standard InChI is InChI=1S/C29H39N9O3/c1-19(40-6)23-30-20-9-7-8-10-21(20)38(23)28-32-24-22(25(33-28)35-15-17-41-18-16-35)31-26(34(24)5)27(39)36-11-13-37(14-12-36)29(2,3)4/h7-10,19H,11-18H2,1-6H3/t19-/m0/s1. The number of rotatable bonds is 5. The van der Waals surface area contributed by atoms with Crippen LogP contribution in [0.25, 0.3) is 28.1 Å². The number of anilines is 1. The van der Waals surface area contributed by atoms with Crippen molar-refractivity contribution in [1.29, 1.82) is 0 Å². The fraction of sp³-hybridized carbons (Fsp3) is 0.552. The van der Waals surface area contributed by atoms with E-state index in [1.54, 1.807) is 7.11 Å². The minimum absolute atomic E-state index is 0.0722. The van der Waals surface area contributed by atoms with Crippen molar-refractivity contribution in [2.24, 2.45) is 7.05 Å². The molecule has 0 N–H and O–H groups in total. The maximum atomic E-state index is 13.8. The number of para-hydroxylation sites is 2. The number of ether oxygens (including phenoxy) is 2. The summed E-state index contributed by atoms with van der Waals surface area (Å²) in [6.07, 6.45) is -0.288. The third kappa shape index (κ3) is 4.93. The SMILES string of the molecule is CO[C@@H](C)c1nc2ccccc2n1-c1nc(N2CCOCC2)c2nc(C(=O)N3CCN(C(C)(C)C)CC3)n(C)c2n1. The average molecular weight is 562 g/mol. The van der Waals surface area contributed by atoms with Gasteiger partial charge in [0.05, 0.1) is 24.2 Å². The number of carbonyl (C=O) groups is 1. The van der Waals surface area contributed by atoms with E-state index in [2.05, 4.69) is 30.6 Å². The molecular weight excluding hydrogens is 522 g/mol. The largest absolute Gasteiger partial charge is 0.378 e. The van der Waals surface area contributed by atoms with Crippen LogP contribution in [0.5, 0.6) is 0 Å². The van der Waals surface area contributed by atoms with Gasteiger partial charge in [0.1, 0.15) is 11.9 Å². The first-order chi connectivity index (χ1) is 19.7. The van der Waals surface area contributed by atoms with Gasteiger partial charge in [0.25, 0.3) is 5.91 Å². The second-order valence-electron chi connectivity index (χ2n) is 11.7. The van der Waals surface area contributed by atoms with Crippen LogP contribution in [0.4, 0.5) is 5.82 Å². The predicted molar refractivity (Wildman–Crippen MR) is 157 cm³/mol. The van der Waals surface area contributed by atoms with Crippen LogP contribution < -0.4 is 4.90 Å². The zero-order valence-corrected chi connectivity index (χ0v) is 24.8. The second-order valence-corrected chi connectivity index (χ2v) is 11.7. The molecule has 2 saturated heterocycles. The van der Waals surface area contributed by atoms with Gasteiger partial charge in [0, 0.05) is 59.0 Å². The number of morpholine rings is 1. The Morgan fingerprint density at radius 2 is 1.68 bits per heavy atom. The van der Waals surface area contributed by atoms with Crippen LogP contribution in [-0.2, 0) is 16.5 Å². The molecule has 0 unspecified atom stereocenters. The molecule has 0 spiro atoms. The number of hydrogen-bond acceptors (Lipinski definition) is 9. The molecule has 5 heterocycles. The van der Waals surface area contributed by atoms with E-state index < -0.39 is 0 Å². The van der Waals surface area contributed by atoms with Gasteiger partial charge in [-0.15, -0.1) is 0 Å². The smallest absolute Gasteiger partial charge is 0.290 e. The maximum Gasteiger partial charge on any atom is 0.290 e. The number of aryl methyl sites for hydroxylation is 1. The number of carbonyl (C=O) groups excluding carboxylic acids is 1. The van der Waals surface area contributed by atoms with E-state index in [1.807, 2.05) is 52.3 Å². The summed E-state index contributed by atoms with van der Waals surface area (Å²) in [6.45, 7) is 14.1. The molecule has 4 aromatic rings. The fourth-order valence-electron chi connectivity index (χ4n) is 5.68. The van der Waals surface area contributed by atoms with Crippen LogP contribution in [0, 0.1) is 0 Å². The normalized spacial score (nSPS) is 18.0. The molecule has 0 bridgehead atoms. The van der Waals surface area contributed by atoms with Gasteiger partial charge < -0.3 is 23.8 Å². The highest BCUT2D eigenvalue weighted by Crippen LogP contribution is 2.30. The van der Waals surface area contributed by atoms with Crippen molar-refractivity contribution in [1.82, 2.24) is 38.9 Å². The summed E-state index contributed by atoms with van der Waals surface area (Å²) in [4.78, 5) is 40.1. The van der Waals surface area contributed by atoms with Gasteiger partial charge in [-0.2, -0.15) is 9.97 Å². The lowest BCUT2D eigenvalue weighted by Crippen LogP contribution is -2.54. The van der Waals surface area contributed by atoms with Crippen LogP contribution in [0.1, 0.15) is 50.2 Å². The van der Waals surface area contributed by atoms with Gasteiger partial charge in [-0.05, 0) is 39.8 Å². The first kappa shape index (κ1) is 27.6. The highest BCUT2D eigenvalue weighted by Gasteiger charge is 2.32. The minimum atomic E-state index is -0.288. The third-order valence-electron chi connectivity index (χ3n) is 8.21. The Kier molecular flexibility index (Phi) is 7.16. The molecular formula is C29H39N9O3. The molecule has 1 amide bonds. The first-order valence-electron chi connectivity index (χ1n) is 14.3. The van der Waals surface area contributed by atoms with Gasteiger partial charge in [-0.3, -0.25) is 14.3 Å². The van der Waals surface area contributed by atoms with Crippen LogP contribution >= 0.6 is 0 Å². The van der Waals surface area contributed by atoms with Crippen molar-refractivity contribution in [3.8, 4) is 5.95 Å². The van der Waals surface area contributed by atoms with Crippen molar-refractivity contribution in [2.45, 2.75) is 39.3 Å². The maximum absolute atomic E-state index is 13.8. The molecule has 12 heteroatoms. The summed E-state index contributed by atoms with van der Waals surface area (Å²) in [6, 6.07) is 7.92. The lowest BCUT2D eigenvalue weighted by Gasteiger charge is -2.42. The molecule has 0 radical (unpaired) electrons. The molecule has 12 nitrogen and oxygen atoms in total. The summed E-state index contributed by atoms with van der Waals surface area (Å²) in [5.41, 5.74) is 3.00. The molecule has 0 saturated carbocycles. The zero-order chi connectivity index (χ0) is 28.9. The Bertz CT molecular complexity index is 1570. The molecule has 218 valence electrons. The van der Waals surface area contributed by atoms with Crippen molar-refractivity contribution < 1.29 is 14.3 Å². The number of amides is 1. The number of imidazole rings is 2. The highest BCUT2D eigenvalue weighted by atomic mass is 16.5. The lowest BCUT2D eigenvalue weighted by atomic mass is 10.0. The lowest BCUT2D eigenvalue weighted by molar-refractivity contribution is 0.0440. The molecule has 2 aliphatic rings.